The Balaban J connectivity index is 2.34. The van der Waals surface area contributed by atoms with Crippen molar-refractivity contribution >= 4 is 38.1 Å². The Bertz CT molecular complexity index is 875. The van der Waals surface area contributed by atoms with E-state index in [2.05, 4.69) is 10.3 Å². The van der Waals surface area contributed by atoms with Crippen LogP contribution in [0.4, 0.5) is 0 Å². The first-order chi connectivity index (χ1) is 11.2. The number of fused-ring (bicyclic) bond motifs is 2. The number of rotatable bonds is 5. The molecule has 0 bridgehead atoms. The Morgan fingerprint density at radius 1 is 1.30 bits per heavy atom. The highest BCUT2D eigenvalue weighted by Crippen LogP contribution is 2.46. The monoisotopic (exact) mass is 332 g/mol. The normalized spacial score (nSPS) is 10.9. The molecule has 2 heterocycles. The van der Waals surface area contributed by atoms with E-state index in [9.17, 15) is 4.79 Å². The van der Waals surface area contributed by atoms with Crippen molar-refractivity contribution < 1.29 is 19.4 Å². The first kappa shape index (κ1) is 15.5. The van der Waals surface area contributed by atoms with E-state index in [1.54, 1.807) is 32.0 Å². The van der Waals surface area contributed by atoms with E-state index >= 15 is 0 Å². The van der Waals surface area contributed by atoms with E-state index in [4.69, 9.17) is 14.6 Å². The molecule has 3 aromatic rings. The van der Waals surface area contributed by atoms with Gasteiger partial charge in [0.25, 0.3) is 5.91 Å². The Labute approximate surface area is 136 Å². The van der Waals surface area contributed by atoms with Crippen LogP contribution >= 0.6 is 11.3 Å². The van der Waals surface area contributed by atoms with Crippen LogP contribution in [0.25, 0.3) is 20.9 Å². The number of nitrogens with one attached hydrogen (secondary N) is 1. The van der Waals surface area contributed by atoms with Crippen molar-refractivity contribution in [2.75, 3.05) is 27.4 Å². The molecule has 0 spiro atoms. The molecule has 0 saturated heterocycles. The minimum atomic E-state index is -0.256. The third-order valence-corrected chi connectivity index (χ3v) is 4.56. The van der Waals surface area contributed by atoms with Crippen LogP contribution < -0.4 is 14.8 Å². The van der Waals surface area contributed by atoms with E-state index in [0.717, 1.165) is 15.5 Å². The molecule has 0 aliphatic heterocycles. The fourth-order valence-electron chi connectivity index (χ4n) is 2.63. The van der Waals surface area contributed by atoms with Gasteiger partial charge in [0.05, 0.1) is 36.5 Å². The van der Waals surface area contributed by atoms with Gasteiger partial charge < -0.3 is 19.9 Å². The highest BCUT2D eigenvalue weighted by atomic mass is 32.1. The fraction of sp³-hybridized carbons (Fsp3) is 0.250. The number of ether oxygens (including phenoxy) is 2. The third-order valence-electron chi connectivity index (χ3n) is 3.58. The molecular formula is C16H16N2O4S. The SMILES string of the molecule is COc1c2ccncc2c(OC)c2c(C(=O)NCCO)csc12. The van der Waals surface area contributed by atoms with Crippen molar-refractivity contribution in [3.8, 4) is 11.5 Å². The number of methoxy groups -OCH3 is 2. The number of hydrogen-bond acceptors (Lipinski definition) is 6. The average Bonchev–Trinajstić information content (AvgIpc) is 3.02. The zero-order valence-corrected chi connectivity index (χ0v) is 13.6. The topological polar surface area (TPSA) is 80.7 Å². The molecule has 3 rings (SSSR count). The summed E-state index contributed by atoms with van der Waals surface area (Å²) in [4.78, 5) is 16.5. The summed E-state index contributed by atoms with van der Waals surface area (Å²) in [5, 5.41) is 15.7. The predicted molar refractivity (Wildman–Crippen MR) is 89.6 cm³/mol. The second-order valence-corrected chi connectivity index (χ2v) is 5.70. The zero-order valence-electron chi connectivity index (χ0n) is 12.8. The number of amides is 1. The molecule has 0 atom stereocenters. The first-order valence-corrected chi connectivity index (χ1v) is 7.88. The van der Waals surface area contributed by atoms with Gasteiger partial charge in [0.15, 0.2) is 0 Å². The lowest BCUT2D eigenvalue weighted by Gasteiger charge is -2.13. The largest absolute Gasteiger partial charge is 0.495 e. The lowest BCUT2D eigenvalue weighted by molar-refractivity contribution is 0.0946. The molecule has 0 fully saturated rings. The maximum atomic E-state index is 12.4. The number of carbonyl (C=O) groups is 1. The van der Waals surface area contributed by atoms with Crippen molar-refractivity contribution in [3.05, 3.63) is 29.4 Å². The predicted octanol–water partition coefficient (Wildman–Crippen LogP) is 2.19. The van der Waals surface area contributed by atoms with Crippen LogP contribution in [0, 0.1) is 0 Å². The lowest BCUT2D eigenvalue weighted by Crippen LogP contribution is -2.26. The first-order valence-electron chi connectivity index (χ1n) is 7.00. The Morgan fingerprint density at radius 2 is 2.09 bits per heavy atom. The minimum Gasteiger partial charge on any atom is -0.495 e. The maximum Gasteiger partial charge on any atom is 0.252 e. The van der Waals surface area contributed by atoms with Crippen molar-refractivity contribution in [2.24, 2.45) is 0 Å². The van der Waals surface area contributed by atoms with Crippen LogP contribution in [0.15, 0.2) is 23.8 Å². The summed E-state index contributed by atoms with van der Waals surface area (Å²) < 4.78 is 12.0. The molecule has 2 N–H and O–H groups in total. The number of hydrogen-bond donors (Lipinski definition) is 2. The maximum absolute atomic E-state index is 12.4. The lowest BCUT2D eigenvalue weighted by atomic mass is 10.0. The molecule has 120 valence electrons. The Kier molecular flexibility index (Phi) is 4.31. The summed E-state index contributed by atoms with van der Waals surface area (Å²) in [6.07, 6.45) is 3.39. The highest BCUT2D eigenvalue weighted by Gasteiger charge is 2.22. The van der Waals surface area contributed by atoms with Crippen molar-refractivity contribution in [2.45, 2.75) is 0 Å². The molecular weight excluding hydrogens is 316 g/mol. The highest BCUT2D eigenvalue weighted by molar-refractivity contribution is 7.18. The number of benzene rings is 1. The molecule has 1 amide bonds. The molecule has 7 heteroatoms. The van der Waals surface area contributed by atoms with Gasteiger partial charge in [-0.15, -0.1) is 11.3 Å². The number of carbonyl (C=O) groups excluding carboxylic acids is 1. The molecule has 0 aliphatic rings. The minimum absolute atomic E-state index is 0.110. The standard InChI is InChI=1S/C16H16N2O4S/c1-21-13-10-7-17-4-3-9(10)14(22-2)15-12(13)11(8-23-15)16(20)18-5-6-19/h3-4,7-8,19H,5-6H2,1-2H3,(H,18,20). The van der Waals surface area contributed by atoms with Crippen LogP contribution in [0.2, 0.25) is 0 Å². The third kappa shape index (κ3) is 2.47. The van der Waals surface area contributed by atoms with Gasteiger partial charge in [-0.25, -0.2) is 0 Å². The zero-order chi connectivity index (χ0) is 16.4. The second-order valence-electron chi connectivity index (χ2n) is 4.82. The van der Waals surface area contributed by atoms with Crippen LogP contribution in [-0.4, -0.2) is 43.4 Å². The van der Waals surface area contributed by atoms with Gasteiger partial charge in [0.1, 0.15) is 11.5 Å². The van der Waals surface area contributed by atoms with Crippen LogP contribution in [0.5, 0.6) is 11.5 Å². The molecule has 0 unspecified atom stereocenters. The van der Waals surface area contributed by atoms with E-state index in [0.29, 0.717) is 22.4 Å². The number of thiophene rings is 1. The van der Waals surface area contributed by atoms with Crippen molar-refractivity contribution in [3.63, 3.8) is 0 Å². The van der Waals surface area contributed by atoms with Gasteiger partial charge in [0, 0.05) is 35.1 Å². The van der Waals surface area contributed by atoms with E-state index < -0.39 is 0 Å². The van der Waals surface area contributed by atoms with Crippen molar-refractivity contribution in [1.29, 1.82) is 0 Å². The summed E-state index contributed by atoms with van der Waals surface area (Å²) in [5.74, 6) is 1.04. The van der Waals surface area contributed by atoms with Gasteiger partial charge in [-0.05, 0) is 6.07 Å². The number of aromatic nitrogens is 1. The number of aliphatic hydroxyl groups is 1. The van der Waals surface area contributed by atoms with Gasteiger partial charge in [-0.2, -0.15) is 0 Å². The second kappa shape index (κ2) is 6.39. The molecule has 2 aromatic heterocycles. The van der Waals surface area contributed by atoms with Crippen LogP contribution in [-0.2, 0) is 0 Å². The van der Waals surface area contributed by atoms with Crippen molar-refractivity contribution in [1.82, 2.24) is 10.3 Å². The van der Waals surface area contributed by atoms with E-state index in [1.807, 2.05) is 6.07 Å². The number of pyridine rings is 1. The number of aliphatic hydroxyl groups excluding tert-OH is 1. The molecule has 0 aliphatic carbocycles. The summed E-state index contributed by atoms with van der Waals surface area (Å²) in [7, 11) is 3.17. The summed E-state index contributed by atoms with van der Waals surface area (Å²) in [6.45, 7) is 0.0892. The average molecular weight is 332 g/mol. The molecule has 0 radical (unpaired) electrons. The summed E-state index contributed by atoms with van der Waals surface area (Å²) >= 11 is 1.42. The van der Waals surface area contributed by atoms with E-state index in [-0.39, 0.29) is 19.1 Å². The van der Waals surface area contributed by atoms with Crippen LogP contribution in [0.3, 0.4) is 0 Å². The Morgan fingerprint density at radius 3 is 2.78 bits per heavy atom. The van der Waals surface area contributed by atoms with Gasteiger partial charge in [-0.1, -0.05) is 0 Å². The quantitative estimate of drug-likeness (QED) is 0.748. The summed E-state index contributed by atoms with van der Waals surface area (Å²) in [6, 6.07) is 1.86. The van der Waals surface area contributed by atoms with E-state index in [1.165, 1.54) is 11.3 Å². The smallest absolute Gasteiger partial charge is 0.252 e. The molecule has 6 nitrogen and oxygen atoms in total. The molecule has 23 heavy (non-hydrogen) atoms. The number of nitrogens with zero attached hydrogens (tertiary/aromatic N) is 1. The van der Waals surface area contributed by atoms with Gasteiger partial charge >= 0.3 is 0 Å². The fourth-order valence-corrected chi connectivity index (χ4v) is 3.71. The summed E-state index contributed by atoms with van der Waals surface area (Å²) in [5.41, 5.74) is 0.499. The van der Waals surface area contributed by atoms with Crippen LogP contribution in [0.1, 0.15) is 10.4 Å². The molecule has 0 saturated carbocycles. The Hall–Kier alpha value is -2.38. The molecule has 1 aromatic carbocycles. The van der Waals surface area contributed by atoms with Gasteiger partial charge in [0.2, 0.25) is 0 Å². The van der Waals surface area contributed by atoms with Gasteiger partial charge in [-0.3, -0.25) is 9.78 Å².